The zero-order valence-corrected chi connectivity index (χ0v) is 17.8. The average Bonchev–Trinajstić information content (AvgIpc) is 3.23. The number of rotatable bonds is 6. The minimum absolute atomic E-state index is 0.0627. The molecule has 0 aliphatic carbocycles. The number of pyridine rings is 1. The van der Waals surface area contributed by atoms with E-state index < -0.39 is 5.91 Å². The molecule has 0 spiro atoms. The predicted octanol–water partition coefficient (Wildman–Crippen LogP) is 4.60. The number of ether oxygens (including phenoxy) is 1. The Morgan fingerprint density at radius 2 is 1.94 bits per heavy atom. The number of benzene rings is 2. The van der Waals surface area contributed by atoms with Gasteiger partial charge in [-0.15, -0.1) is 11.3 Å². The molecule has 0 aliphatic heterocycles. The number of aromatic nitrogens is 1. The zero-order chi connectivity index (χ0) is 22.0. The molecule has 0 saturated carbocycles. The lowest BCUT2D eigenvalue weighted by molar-refractivity contribution is 0.0902. The summed E-state index contributed by atoms with van der Waals surface area (Å²) < 4.78 is 6.21. The fourth-order valence-electron chi connectivity index (χ4n) is 3.31. The van der Waals surface area contributed by atoms with Gasteiger partial charge in [0, 0.05) is 26.6 Å². The largest absolute Gasteiger partial charge is 0.504 e. The van der Waals surface area contributed by atoms with Crippen LogP contribution in [-0.2, 0) is 0 Å². The van der Waals surface area contributed by atoms with Gasteiger partial charge in [0.2, 0.25) is 0 Å². The van der Waals surface area contributed by atoms with Crippen LogP contribution in [0.2, 0.25) is 0 Å². The van der Waals surface area contributed by atoms with Crippen molar-refractivity contribution in [3.63, 3.8) is 0 Å². The number of Topliss-reactive ketones (excluding diaryl/α,β-unsaturated/α-hetero) is 1. The summed E-state index contributed by atoms with van der Waals surface area (Å²) in [7, 11) is 1.40. The van der Waals surface area contributed by atoms with Gasteiger partial charge in [-0.05, 0) is 42.8 Å². The summed E-state index contributed by atoms with van der Waals surface area (Å²) in [4.78, 5) is 29.6. The van der Waals surface area contributed by atoms with Gasteiger partial charge >= 0.3 is 0 Å². The van der Waals surface area contributed by atoms with Crippen LogP contribution in [0, 0.1) is 6.92 Å². The summed E-state index contributed by atoms with van der Waals surface area (Å²) >= 11 is 1.66. The number of nitrogens with zero attached hydrogens (tertiary/aromatic N) is 1. The molecule has 0 radical (unpaired) electrons. The van der Waals surface area contributed by atoms with Crippen molar-refractivity contribution < 1.29 is 19.4 Å². The topological polar surface area (TPSA) is 88.5 Å². The third-order valence-corrected chi connectivity index (χ3v) is 6.09. The van der Waals surface area contributed by atoms with Gasteiger partial charge < -0.3 is 15.2 Å². The summed E-state index contributed by atoms with van der Waals surface area (Å²) in [5.41, 5.74) is 3.47. The Balaban J connectivity index is 1.51. The molecule has 2 heterocycles. The Bertz CT molecular complexity index is 1300. The number of aromatic hydroxyl groups is 1. The molecular weight excluding hydrogens is 412 g/mol. The van der Waals surface area contributed by atoms with E-state index in [-0.39, 0.29) is 35.1 Å². The van der Waals surface area contributed by atoms with Gasteiger partial charge in [-0.3, -0.25) is 9.59 Å². The Morgan fingerprint density at radius 1 is 1.13 bits per heavy atom. The first-order valence-corrected chi connectivity index (χ1v) is 10.5. The smallest absolute Gasteiger partial charge is 0.251 e. The predicted molar refractivity (Wildman–Crippen MR) is 121 cm³/mol. The van der Waals surface area contributed by atoms with E-state index >= 15 is 0 Å². The number of hydrogen-bond donors (Lipinski definition) is 2. The van der Waals surface area contributed by atoms with E-state index in [9.17, 15) is 14.7 Å². The molecule has 2 aromatic heterocycles. The van der Waals surface area contributed by atoms with Crippen molar-refractivity contribution in [3.05, 3.63) is 76.8 Å². The van der Waals surface area contributed by atoms with Crippen LogP contribution in [0.25, 0.3) is 21.3 Å². The van der Waals surface area contributed by atoms with Crippen molar-refractivity contribution in [1.29, 1.82) is 0 Å². The van der Waals surface area contributed by atoms with Crippen LogP contribution in [0.3, 0.4) is 0 Å². The number of methoxy groups -OCH3 is 1. The Kier molecular flexibility index (Phi) is 5.68. The Labute approximate surface area is 183 Å². The van der Waals surface area contributed by atoms with E-state index in [1.807, 2.05) is 17.5 Å². The summed E-state index contributed by atoms with van der Waals surface area (Å²) in [6, 6.07) is 15.7. The van der Waals surface area contributed by atoms with Crippen LogP contribution in [0.1, 0.15) is 26.4 Å². The maximum Gasteiger partial charge on any atom is 0.251 e. The van der Waals surface area contributed by atoms with Crippen LogP contribution < -0.4 is 10.1 Å². The molecule has 0 saturated heterocycles. The fourth-order valence-corrected chi connectivity index (χ4v) is 4.36. The molecule has 0 atom stereocenters. The van der Waals surface area contributed by atoms with Crippen molar-refractivity contribution in [2.75, 3.05) is 13.7 Å². The SMILES string of the molecule is COc1cc(C(=O)NCC(=O)c2cccc(-c3csc4c(C)cccc34)n2)ccc1O. The molecule has 4 rings (SSSR count). The van der Waals surface area contributed by atoms with Crippen molar-refractivity contribution >= 4 is 33.1 Å². The second-order valence-corrected chi connectivity index (χ2v) is 7.88. The second-order valence-electron chi connectivity index (χ2n) is 7.00. The van der Waals surface area contributed by atoms with Crippen LogP contribution in [0.15, 0.2) is 60.0 Å². The van der Waals surface area contributed by atoms with Crippen LogP contribution >= 0.6 is 11.3 Å². The maximum atomic E-state index is 12.7. The number of aryl methyl sites for hydroxylation is 1. The monoisotopic (exact) mass is 432 g/mol. The van der Waals surface area contributed by atoms with E-state index in [2.05, 4.69) is 29.4 Å². The third-order valence-electron chi connectivity index (χ3n) is 4.96. The number of hydrogen-bond acceptors (Lipinski definition) is 6. The normalized spacial score (nSPS) is 10.8. The summed E-state index contributed by atoms with van der Waals surface area (Å²) in [5, 5.41) is 15.4. The first-order valence-electron chi connectivity index (χ1n) is 9.60. The van der Waals surface area contributed by atoms with Crippen LogP contribution in [0.4, 0.5) is 0 Å². The fraction of sp³-hybridized carbons (Fsp3) is 0.125. The highest BCUT2D eigenvalue weighted by atomic mass is 32.1. The van der Waals surface area contributed by atoms with Gasteiger partial charge in [0.15, 0.2) is 17.3 Å². The highest BCUT2D eigenvalue weighted by molar-refractivity contribution is 7.18. The van der Waals surface area contributed by atoms with E-state index in [4.69, 9.17) is 4.74 Å². The number of carbonyl (C=O) groups excluding carboxylic acids is 2. The molecular formula is C24H20N2O4S. The van der Waals surface area contributed by atoms with Crippen LogP contribution in [-0.4, -0.2) is 35.4 Å². The number of phenolic OH excluding ortho intramolecular Hbond substituents is 1. The van der Waals surface area contributed by atoms with Gasteiger partial charge in [0.25, 0.3) is 5.91 Å². The number of amides is 1. The highest BCUT2D eigenvalue weighted by Gasteiger charge is 2.15. The van der Waals surface area contributed by atoms with E-state index in [1.165, 1.54) is 35.6 Å². The van der Waals surface area contributed by atoms with Crippen molar-refractivity contribution in [2.24, 2.45) is 0 Å². The van der Waals surface area contributed by atoms with Gasteiger partial charge in [-0.2, -0.15) is 0 Å². The van der Waals surface area contributed by atoms with Crippen LogP contribution in [0.5, 0.6) is 11.5 Å². The van der Waals surface area contributed by atoms with E-state index in [0.717, 1.165) is 16.6 Å². The number of thiophene rings is 1. The Hall–Kier alpha value is -3.71. The number of carbonyl (C=O) groups is 2. The molecule has 0 bridgehead atoms. The number of nitrogens with one attached hydrogen (secondary N) is 1. The minimum Gasteiger partial charge on any atom is -0.504 e. The zero-order valence-electron chi connectivity index (χ0n) is 17.0. The van der Waals surface area contributed by atoms with Gasteiger partial charge in [-0.1, -0.05) is 24.3 Å². The highest BCUT2D eigenvalue weighted by Crippen LogP contribution is 2.34. The van der Waals surface area contributed by atoms with Crippen molar-refractivity contribution in [2.45, 2.75) is 6.92 Å². The van der Waals surface area contributed by atoms with E-state index in [1.54, 1.807) is 23.5 Å². The minimum atomic E-state index is -0.442. The molecule has 2 aromatic carbocycles. The van der Waals surface area contributed by atoms with Crippen molar-refractivity contribution in [1.82, 2.24) is 10.3 Å². The molecule has 6 nitrogen and oxygen atoms in total. The molecule has 7 heteroatoms. The average molecular weight is 433 g/mol. The Morgan fingerprint density at radius 3 is 2.74 bits per heavy atom. The van der Waals surface area contributed by atoms with Gasteiger partial charge in [0.05, 0.1) is 19.3 Å². The quantitative estimate of drug-likeness (QED) is 0.435. The molecule has 1 amide bonds. The standard InChI is InChI=1S/C24H20N2O4S/c1-14-5-3-6-16-17(13-31-23(14)16)18-7-4-8-19(26-18)21(28)12-25-24(29)15-9-10-20(27)22(11-15)30-2/h3-11,13,27H,12H2,1-2H3,(H,25,29). The molecule has 31 heavy (non-hydrogen) atoms. The first kappa shape index (κ1) is 20.6. The number of fused-ring (bicyclic) bond motifs is 1. The summed E-state index contributed by atoms with van der Waals surface area (Å²) in [6.07, 6.45) is 0. The van der Waals surface area contributed by atoms with Crippen molar-refractivity contribution in [3.8, 4) is 22.8 Å². The molecule has 2 N–H and O–H groups in total. The molecule has 4 aromatic rings. The molecule has 156 valence electrons. The molecule has 0 fully saturated rings. The molecule has 0 unspecified atom stereocenters. The third kappa shape index (κ3) is 4.13. The van der Waals surface area contributed by atoms with Gasteiger partial charge in [-0.25, -0.2) is 4.98 Å². The van der Waals surface area contributed by atoms with Gasteiger partial charge in [0.1, 0.15) is 5.69 Å². The number of phenols is 1. The maximum absolute atomic E-state index is 12.7. The summed E-state index contributed by atoms with van der Waals surface area (Å²) in [6.45, 7) is 1.88. The van der Waals surface area contributed by atoms with E-state index in [0.29, 0.717) is 0 Å². The first-order chi connectivity index (χ1) is 15.0. The lowest BCUT2D eigenvalue weighted by atomic mass is 10.1. The number of ketones is 1. The lowest BCUT2D eigenvalue weighted by Gasteiger charge is -2.08. The molecule has 0 aliphatic rings. The summed E-state index contributed by atoms with van der Waals surface area (Å²) in [5.74, 6) is -0.613. The second kappa shape index (κ2) is 8.57. The lowest BCUT2D eigenvalue weighted by Crippen LogP contribution is -2.30.